The second-order valence-corrected chi connectivity index (χ2v) is 7.88. The molecule has 0 aromatic heterocycles. The maximum absolute atomic E-state index is 12.6. The molecule has 1 N–H and O–H groups in total. The zero-order valence-corrected chi connectivity index (χ0v) is 15.0. The number of rotatable bonds is 5. The Labute approximate surface area is 145 Å². The van der Waals surface area contributed by atoms with Gasteiger partial charge in [0, 0.05) is 25.7 Å². The Hall–Kier alpha value is -1.39. The van der Waals surface area contributed by atoms with E-state index >= 15 is 0 Å². The number of aliphatic hydroxyl groups is 1. The summed E-state index contributed by atoms with van der Waals surface area (Å²) >= 11 is 0. The monoisotopic (exact) mass is 332 g/mol. The quantitative estimate of drug-likeness (QED) is 0.666. The van der Waals surface area contributed by atoms with Crippen molar-refractivity contribution in [3.8, 4) is 0 Å². The van der Waals surface area contributed by atoms with Crippen LogP contribution in [-0.4, -0.2) is 53.4 Å². The molecule has 0 radical (unpaired) electrons. The van der Waals surface area contributed by atoms with E-state index in [2.05, 4.69) is 20.9 Å². The van der Waals surface area contributed by atoms with Crippen molar-refractivity contribution in [2.24, 2.45) is 0 Å². The first kappa shape index (κ1) is 17.4. The van der Waals surface area contributed by atoms with Gasteiger partial charge in [0.1, 0.15) is 12.0 Å². The van der Waals surface area contributed by atoms with Crippen molar-refractivity contribution in [1.29, 1.82) is 0 Å². The summed E-state index contributed by atoms with van der Waals surface area (Å²) in [6, 6.07) is 11.2. The van der Waals surface area contributed by atoms with E-state index in [1.807, 2.05) is 30.3 Å². The van der Waals surface area contributed by atoms with Gasteiger partial charge >= 0.3 is 5.97 Å². The third kappa shape index (κ3) is 2.98. The Kier molecular flexibility index (Phi) is 4.97. The maximum Gasteiger partial charge on any atom is 0.316 e. The van der Waals surface area contributed by atoms with E-state index in [-0.39, 0.29) is 18.7 Å². The van der Waals surface area contributed by atoms with Crippen LogP contribution in [0.1, 0.15) is 51.0 Å². The molecule has 0 aliphatic carbocycles. The number of fused-ring (bicyclic) bond motifs is 2. The highest BCUT2D eigenvalue weighted by Gasteiger charge is 2.53. The van der Waals surface area contributed by atoms with Crippen LogP contribution in [0, 0.1) is 0 Å². The number of hydrogen-bond donors (Lipinski definition) is 1. The van der Waals surface area contributed by atoms with Gasteiger partial charge in [0.15, 0.2) is 0 Å². The Morgan fingerprint density at radius 2 is 1.79 bits per heavy atom. The van der Waals surface area contributed by atoms with E-state index in [0.717, 1.165) is 22.9 Å². The molecule has 3 unspecified atom stereocenters. The Balaban J connectivity index is 1.66. The smallest absolute Gasteiger partial charge is 0.316 e. The van der Waals surface area contributed by atoms with Crippen molar-refractivity contribution in [1.82, 2.24) is 0 Å². The second-order valence-electron chi connectivity index (χ2n) is 7.88. The van der Waals surface area contributed by atoms with Gasteiger partial charge in [-0.15, -0.1) is 0 Å². The van der Waals surface area contributed by atoms with Crippen LogP contribution >= 0.6 is 0 Å². The minimum Gasteiger partial charge on any atom is -0.461 e. The van der Waals surface area contributed by atoms with Gasteiger partial charge < -0.3 is 14.3 Å². The van der Waals surface area contributed by atoms with Gasteiger partial charge in [0.2, 0.25) is 0 Å². The molecule has 0 saturated carbocycles. The van der Waals surface area contributed by atoms with E-state index in [0.29, 0.717) is 18.1 Å². The molecule has 2 bridgehead atoms. The highest BCUT2D eigenvalue weighted by atomic mass is 16.5. The van der Waals surface area contributed by atoms with Crippen molar-refractivity contribution < 1.29 is 19.1 Å². The first-order chi connectivity index (χ1) is 11.5. The molecule has 4 heteroatoms. The molecule has 1 aromatic carbocycles. The number of aliphatic hydroxyl groups excluding tert-OH is 1. The van der Waals surface area contributed by atoms with E-state index in [4.69, 9.17) is 4.74 Å². The molecule has 1 aromatic rings. The van der Waals surface area contributed by atoms with E-state index in [1.54, 1.807) is 0 Å². The molecular weight excluding hydrogens is 302 g/mol. The van der Waals surface area contributed by atoms with E-state index in [1.165, 1.54) is 12.8 Å². The largest absolute Gasteiger partial charge is 0.461 e. The number of quaternary nitrogens is 1. The fourth-order valence-electron chi connectivity index (χ4n) is 4.82. The molecule has 0 spiro atoms. The third-order valence-corrected chi connectivity index (χ3v) is 6.54. The van der Waals surface area contributed by atoms with Crippen molar-refractivity contribution >= 4 is 5.97 Å². The van der Waals surface area contributed by atoms with Crippen molar-refractivity contribution in [3.05, 3.63) is 35.9 Å². The van der Waals surface area contributed by atoms with E-state index < -0.39 is 5.92 Å². The average molecular weight is 332 g/mol. The molecule has 4 nitrogen and oxygen atoms in total. The number of piperidine rings is 1. The number of esters is 1. The van der Waals surface area contributed by atoms with Gasteiger partial charge in [-0.05, 0) is 19.4 Å². The Bertz CT molecular complexity index is 558. The zero-order valence-electron chi connectivity index (χ0n) is 15.0. The fourth-order valence-corrected chi connectivity index (χ4v) is 4.82. The lowest BCUT2D eigenvalue weighted by Gasteiger charge is -2.49. The second kappa shape index (κ2) is 6.85. The summed E-state index contributed by atoms with van der Waals surface area (Å²) in [6.07, 6.45) is 4.36. The summed E-state index contributed by atoms with van der Waals surface area (Å²) in [7, 11) is 2.37. The molecule has 3 rings (SSSR count). The highest BCUT2D eigenvalue weighted by Crippen LogP contribution is 2.44. The summed E-state index contributed by atoms with van der Waals surface area (Å²) in [5.74, 6) is -0.856. The van der Waals surface area contributed by atoms with Crippen LogP contribution in [0.15, 0.2) is 30.3 Å². The number of nitrogens with zero attached hydrogens (tertiary/aromatic N) is 1. The lowest BCUT2D eigenvalue weighted by Crippen LogP contribution is -2.62. The maximum atomic E-state index is 12.6. The van der Waals surface area contributed by atoms with Crippen molar-refractivity contribution in [3.63, 3.8) is 0 Å². The van der Waals surface area contributed by atoms with E-state index in [9.17, 15) is 9.90 Å². The molecule has 132 valence electrons. The number of carbonyl (C=O) groups excluding carboxylic acids is 1. The summed E-state index contributed by atoms with van der Waals surface area (Å²) < 4.78 is 6.96. The molecule has 0 amide bonds. The van der Waals surface area contributed by atoms with Crippen LogP contribution in [0.2, 0.25) is 0 Å². The fraction of sp³-hybridized carbons (Fsp3) is 0.650. The van der Waals surface area contributed by atoms with Crippen LogP contribution in [-0.2, 0) is 9.53 Å². The lowest BCUT2D eigenvalue weighted by atomic mass is 9.94. The Morgan fingerprint density at radius 3 is 2.29 bits per heavy atom. The van der Waals surface area contributed by atoms with Gasteiger partial charge in [-0.3, -0.25) is 4.79 Å². The highest BCUT2D eigenvalue weighted by molar-refractivity contribution is 5.78. The minimum absolute atomic E-state index is 0.00212. The molecular formula is C20H30NO3+. The topological polar surface area (TPSA) is 46.5 Å². The molecule has 2 fully saturated rings. The van der Waals surface area contributed by atoms with Gasteiger partial charge in [-0.25, -0.2) is 0 Å². The third-order valence-electron chi connectivity index (χ3n) is 6.54. The Morgan fingerprint density at radius 1 is 1.21 bits per heavy atom. The van der Waals surface area contributed by atoms with Crippen LogP contribution in [0.4, 0.5) is 0 Å². The molecule has 24 heavy (non-hydrogen) atoms. The van der Waals surface area contributed by atoms with Gasteiger partial charge in [-0.2, -0.15) is 0 Å². The summed E-state index contributed by atoms with van der Waals surface area (Å²) in [4.78, 5) is 12.6. The van der Waals surface area contributed by atoms with Gasteiger partial charge in [-0.1, -0.05) is 30.3 Å². The molecule has 5 atom stereocenters. The number of ether oxygens (including phenoxy) is 1. The summed E-state index contributed by atoms with van der Waals surface area (Å²) in [5, 5.41) is 9.65. The standard InChI is InChI=1S/C20H30NO3/c1-14(2)21(3)16-9-10-17(21)12-18(11-16)24-20(23)19(13-22)15-7-5-4-6-8-15/h4-8,14,16-19,22H,9-13H2,1-3H3/q+1/t16-,17?,18-,19?,21?/m1/s1. The van der Waals surface area contributed by atoms with Crippen molar-refractivity contribution in [2.75, 3.05) is 13.7 Å². The van der Waals surface area contributed by atoms with Gasteiger partial charge in [0.05, 0.1) is 31.8 Å². The van der Waals surface area contributed by atoms with Crippen LogP contribution < -0.4 is 0 Å². The molecule has 2 aliphatic heterocycles. The lowest BCUT2D eigenvalue weighted by molar-refractivity contribution is -0.968. The SMILES string of the molecule is CC(C)[N+]1(C)C2CC[C@@H]1C[C@@H](OC(=O)C(CO)c1ccccc1)C2. The summed E-state index contributed by atoms with van der Waals surface area (Å²) in [5.41, 5.74) is 0.826. The van der Waals surface area contributed by atoms with Crippen LogP contribution in [0.3, 0.4) is 0 Å². The number of carbonyl (C=O) groups is 1. The summed E-state index contributed by atoms with van der Waals surface area (Å²) in [6.45, 7) is 4.39. The average Bonchev–Trinajstić information content (AvgIpc) is 2.74. The van der Waals surface area contributed by atoms with Crippen LogP contribution in [0.25, 0.3) is 0 Å². The molecule has 2 heterocycles. The van der Waals surface area contributed by atoms with Crippen LogP contribution in [0.5, 0.6) is 0 Å². The first-order valence-electron chi connectivity index (χ1n) is 9.18. The predicted molar refractivity (Wildman–Crippen MR) is 93.5 cm³/mol. The minimum atomic E-state index is -0.572. The van der Waals surface area contributed by atoms with Gasteiger partial charge in [0.25, 0.3) is 0 Å². The molecule has 2 saturated heterocycles. The zero-order chi connectivity index (χ0) is 17.3. The first-order valence-corrected chi connectivity index (χ1v) is 9.18. The van der Waals surface area contributed by atoms with Crippen molar-refractivity contribution in [2.45, 2.75) is 69.7 Å². The predicted octanol–water partition coefficient (Wildman–Crippen LogP) is 2.85. The number of benzene rings is 1. The normalized spacial score (nSPS) is 33.5. The number of hydrogen-bond acceptors (Lipinski definition) is 3. The molecule has 2 aliphatic rings.